The summed E-state index contributed by atoms with van der Waals surface area (Å²) >= 11 is 13.8. The second kappa shape index (κ2) is 7.19. The number of rotatable bonds is 3. The fraction of sp³-hybridized carbons (Fsp3) is 0. The van der Waals surface area contributed by atoms with Gasteiger partial charge in [-0.15, -0.1) is 11.3 Å². The molecular weight excluding hydrogens is 427 g/mol. The van der Waals surface area contributed by atoms with E-state index in [1.807, 2.05) is 36.4 Å². The first-order valence-electron chi connectivity index (χ1n) is 8.73. The van der Waals surface area contributed by atoms with Gasteiger partial charge in [0.1, 0.15) is 10.4 Å². The number of thiophene rings is 1. The number of carbonyl (C=O) groups is 1. The third-order valence-electron chi connectivity index (χ3n) is 4.46. The topological polar surface area (TPSA) is 55.1 Å². The van der Waals surface area contributed by atoms with Crippen LogP contribution in [0.2, 0.25) is 10.0 Å². The largest absolute Gasteiger partial charge is 0.436 e. The van der Waals surface area contributed by atoms with Crippen LogP contribution in [0.3, 0.4) is 0 Å². The van der Waals surface area contributed by atoms with Crippen LogP contribution in [0.15, 0.2) is 71.1 Å². The number of nitrogens with one attached hydrogen (secondary N) is 1. The molecule has 0 aliphatic rings. The van der Waals surface area contributed by atoms with Crippen molar-refractivity contribution in [3.8, 4) is 11.5 Å². The number of fused-ring (bicyclic) bond motifs is 2. The minimum absolute atomic E-state index is 0.279. The summed E-state index contributed by atoms with van der Waals surface area (Å²) in [5.74, 6) is 0.256. The van der Waals surface area contributed by atoms with Crippen molar-refractivity contribution in [3.05, 3.63) is 81.7 Å². The molecule has 5 aromatic rings. The Labute approximate surface area is 179 Å². The standard InChI is InChI=1S/C22H12Cl2N2O2S/c23-13-6-8-15-18(10-13)29-20(19(15)24)21(27)25-14-7-9-17-16(11-14)26-22(28-17)12-4-2-1-3-5-12/h1-11H,(H,25,27). The third-order valence-corrected chi connectivity index (χ3v) is 6.35. The van der Waals surface area contributed by atoms with Crippen molar-refractivity contribution < 1.29 is 9.21 Å². The Kier molecular flexibility index (Phi) is 4.51. The number of hydrogen-bond acceptors (Lipinski definition) is 4. The van der Waals surface area contributed by atoms with Gasteiger partial charge in [-0.25, -0.2) is 4.98 Å². The van der Waals surface area contributed by atoms with Gasteiger partial charge in [0.2, 0.25) is 5.89 Å². The van der Waals surface area contributed by atoms with E-state index >= 15 is 0 Å². The van der Waals surface area contributed by atoms with Crippen molar-refractivity contribution in [2.75, 3.05) is 5.32 Å². The van der Waals surface area contributed by atoms with E-state index in [0.717, 1.165) is 15.6 Å². The summed E-state index contributed by atoms with van der Waals surface area (Å²) < 4.78 is 6.68. The number of aromatic nitrogens is 1. The van der Waals surface area contributed by atoms with Crippen molar-refractivity contribution in [2.45, 2.75) is 0 Å². The van der Waals surface area contributed by atoms with Crippen molar-refractivity contribution in [2.24, 2.45) is 0 Å². The fourth-order valence-corrected chi connectivity index (χ4v) is 4.77. The highest BCUT2D eigenvalue weighted by atomic mass is 35.5. The third kappa shape index (κ3) is 3.38. The molecule has 2 aromatic heterocycles. The average molecular weight is 439 g/mol. The number of nitrogens with zero attached hydrogens (tertiary/aromatic N) is 1. The number of anilines is 1. The van der Waals surface area contributed by atoms with Crippen LogP contribution in [0.25, 0.3) is 32.6 Å². The highest BCUT2D eigenvalue weighted by molar-refractivity contribution is 7.21. The monoisotopic (exact) mass is 438 g/mol. The van der Waals surface area contributed by atoms with Crippen LogP contribution in [0.1, 0.15) is 9.67 Å². The maximum atomic E-state index is 12.8. The summed E-state index contributed by atoms with van der Waals surface area (Å²) in [6, 6.07) is 20.4. The minimum atomic E-state index is -0.279. The zero-order chi connectivity index (χ0) is 20.0. The molecule has 1 amide bonds. The van der Waals surface area contributed by atoms with E-state index in [0.29, 0.717) is 37.6 Å². The number of oxazole rings is 1. The van der Waals surface area contributed by atoms with Crippen molar-refractivity contribution in [3.63, 3.8) is 0 Å². The molecule has 0 aliphatic carbocycles. The van der Waals surface area contributed by atoms with Crippen LogP contribution in [-0.4, -0.2) is 10.9 Å². The zero-order valence-electron chi connectivity index (χ0n) is 14.8. The van der Waals surface area contributed by atoms with Gasteiger partial charge in [0.15, 0.2) is 5.58 Å². The molecule has 0 bridgehead atoms. The van der Waals surface area contributed by atoms with E-state index in [2.05, 4.69) is 10.3 Å². The molecule has 0 spiro atoms. The van der Waals surface area contributed by atoms with E-state index in [-0.39, 0.29) is 5.91 Å². The SMILES string of the molecule is O=C(Nc1ccc2oc(-c3ccccc3)nc2c1)c1sc2cc(Cl)ccc2c1Cl. The van der Waals surface area contributed by atoms with E-state index < -0.39 is 0 Å². The van der Waals surface area contributed by atoms with Gasteiger partial charge in [-0.3, -0.25) is 4.79 Å². The first-order chi connectivity index (χ1) is 14.1. The molecule has 4 nitrogen and oxygen atoms in total. The lowest BCUT2D eigenvalue weighted by Gasteiger charge is -2.03. The molecule has 0 fully saturated rings. The van der Waals surface area contributed by atoms with E-state index in [9.17, 15) is 4.79 Å². The van der Waals surface area contributed by atoms with Crippen LogP contribution >= 0.6 is 34.5 Å². The van der Waals surface area contributed by atoms with E-state index in [1.54, 1.807) is 30.3 Å². The molecule has 29 heavy (non-hydrogen) atoms. The summed E-state index contributed by atoms with van der Waals surface area (Å²) in [5, 5.41) is 4.73. The smallest absolute Gasteiger partial charge is 0.267 e. The summed E-state index contributed by atoms with van der Waals surface area (Å²) in [5.41, 5.74) is 2.82. The maximum Gasteiger partial charge on any atom is 0.267 e. The molecule has 1 N–H and O–H groups in total. The Bertz CT molecular complexity index is 1380. The predicted molar refractivity (Wildman–Crippen MR) is 119 cm³/mol. The van der Waals surface area contributed by atoms with Crippen LogP contribution < -0.4 is 5.32 Å². The van der Waals surface area contributed by atoms with Gasteiger partial charge < -0.3 is 9.73 Å². The Hall–Kier alpha value is -2.86. The molecule has 0 unspecified atom stereocenters. The van der Waals surface area contributed by atoms with Gasteiger partial charge in [0.05, 0.1) is 5.02 Å². The molecule has 0 atom stereocenters. The Morgan fingerprint density at radius 3 is 2.66 bits per heavy atom. The summed E-state index contributed by atoms with van der Waals surface area (Å²) in [6.45, 7) is 0. The molecule has 0 radical (unpaired) electrons. The van der Waals surface area contributed by atoms with Gasteiger partial charge in [0.25, 0.3) is 5.91 Å². The van der Waals surface area contributed by atoms with Crippen molar-refractivity contribution >= 4 is 67.3 Å². The number of amides is 1. The molecule has 3 aromatic carbocycles. The maximum absolute atomic E-state index is 12.8. The second-order valence-corrected chi connectivity index (χ2v) is 8.27. The predicted octanol–water partition coefficient (Wildman–Crippen LogP) is 7.27. The molecule has 2 heterocycles. The fourth-order valence-electron chi connectivity index (χ4n) is 3.08. The molecule has 0 saturated heterocycles. The van der Waals surface area contributed by atoms with Crippen molar-refractivity contribution in [1.29, 1.82) is 0 Å². The van der Waals surface area contributed by atoms with Crippen LogP contribution in [0.5, 0.6) is 0 Å². The van der Waals surface area contributed by atoms with Gasteiger partial charge in [-0.1, -0.05) is 47.5 Å². The van der Waals surface area contributed by atoms with E-state index in [4.69, 9.17) is 27.6 Å². The molecule has 7 heteroatoms. The lowest BCUT2D eigenvalue weighted by molar-refractivity contribution is 0.103. The number of halogens is 2. The summed E-state index contributed by atoms with van der Waals surface area (Å²) in [7, 11) is 0. The van der Waals surface area contributed by atoms with Crippen LogP contribution in [0.4, 0.5) is 5.69 Å². The van der Waals surface area contributed by atoms with Crippen molar-refractivity contribution in [1.82, 2.24) is 4.98 Å². The summed E-state index contributed by atoms with van der Waals surface area (Å²) in [6.07, 6.45) is 0. The molecule has 0 aliphatic heterocycles. The lowest BCUT2D eigenvalue weighted by atomic mass is 10.2. The van der Waals surface area contributed by atoms with Crippen LogP contribution in [-0.2, 0) is 0 Å². The van der Waals surface area contributed by atoms with Gasteiger partial charge >= 0.3 is 0 Å². The quantitative estimate of drug-likeness (QED) is 0.322. The minimum Gasteiger partial charge on any atom is -0.436 e. The number of carbonyl (C=O) groups excluding carboxylic acids is 1. The normalized spacial score (nSPS) is 11.2. The second-order valence-electron chi connectivity index (χ2n) is 6.41. The molecule has 5 rings (SSSR count). The average Bonchev–Trinajstić information content (AvgIpc) is 3.29. The van der Waals surface area contributed by atoms with Gasteiger partial charge in [-0.2, -0.15) is 0 Å². The Morgan fingerprint density at radius 2 is 1.83 bits per heavy atom. The first kappa shape index (κ1) is 18.2. The summed E-state index contributed by atoms with van der Waals surface area (Å²) in [4.78, 5) is 17.8. The van der Waals surface area contributed by atoms with E-state index in [1.165, 1.54) is 11.3 Å². The first-order valence-corrected chi connectivity index (χ1v) is 10.3. The number of benzene rings is 3. The highest BCUT2D eigenvalue weighted by Gasteiger charge is 2.18. The highest BCUT2D eigenvalue weighted by Crippen LogP contribution is 2.37. The molecule has 0 saturated carbocycles. The van der Waals surface area contributed by atoms with Gasteiger partial charge in [0, 0.05) is 26.4 Å². The van der Waals surface area contributed by atoms with Gasteiger partial charge in [-0.05, 0) is 42.5 Å². The number of hydrogen-bond donors (Lipinski definition) is 1. The lowest BCUT2D eigenvalue weighted by Crippen LogP contribution is -2.10. The zero-order valence-corrected chi connectivity index (χ0v) is 17.1. The Balaban J connectivity index is 1.45. The molecule has 142 valence electrons. The molecular formula is C22H12Cl2N2O2S. The van der Waals surface area contributed by atoms with Crippen LogP contribution in [0, 0.1) is 0 Å². The Morgan fingerprint density at radius 1 is 1.00 bits per heavy atom.